The van der Waals surface area contributed by atoms with E-state index in [0.717, 1.165) is 17.5 Å². The van der Waals surface area contributed by atoms with Crippen LogP contribution in [0, 0.1) is 11.3 Å². The Kier molecular flexibility index (Phi) is 6.79. The Labute approximate surface area is 176 Å². The molecule has 2 aromatic carbocycles. The zero-order valence-electron chi connectivity index (χ0n) is 17.1. The van der Waals surface area contributed by atoms with Crippen LogP contribution >= 0.6 is 0 Å². The van der Waals surface area contributed by atoms with Crippen LogP contribution in [0.4, 0.5) is 11.4 Å². The SMILES string of the molecule is CCC(C)NCc1cnc(-c2ccc(C(=O)Nc3ccccc3N)cc2)c(C#N)c1. The third kappa shape index (κ3) is 5.02. The van der Waals surface area contributed by atoms with Crippen molar-refractivity contribution >= 4 is 17.3 Å². The van der Waals surface area contributed by atoms with E-state index in [1.807, 2.05) is 18.2 Å². The van der Waals surface area contributed by atoms with E-state index in [2.05, 4.69) is 35.5 Å². The van der Waals surface area contributed by atoms with Gasteiger partial charge in [0.15, 0.2) is 0 Å². The first-order valence-corrected chi connectivity index (χ1v) is 9.90. The minimum Gasteiger partial charge on any atom is -0.397 e. The average molecular weight is 399 g/mol. The molecular weight excluding hydrogens is 374 g/mol. The number of nitrogen functional groups attached to an aromatic ring is 1. The van der Waals surface area contributed by atoms with Crippen LogP contribution in [0.15, 0.2) is 60.8 Å². The number of nitrogens with two attached hydrogens (primary N) is 1. The Balaban J connectivity index is 1.76. The summed E-state index contributed by atoms with van der Waals surface area (Å²) >= 11 is 0. The molecule has 0 aliphatic rings. The van der Waals surface area contributed by atoms with Gasteiger partial charge in [0, 0.05) is 29.9 Å². The van der Waals surface area contributed by atoms with Gasteiger partial charge < -0.3 is 16.4 Å². The quantitative estimate of drug-likeness (QED) is 0.513. The third-order valence-corrected chi connectivity index (χ3v) is 4.96. The van der Waals surface area contributed by atoms with Gasteiger partial charge in [0.05, 0.1) is 22.6 Å². The zero-order chi connectivity index (χ0) is 21.5. The highest BCUT2D eigenvalue weighted by Gasteiger charge is 2.12. The maximum atomic E-state index is 12.5. The van der Waals surface area contributed by atoms with Crippen LogP contribution in [-0.2, 0) is 6.54 Å². The lowest BCUT2D eigenvalue weighted by Gasteiger charge is -2.12. The number of nitrogens with one attached hydrogen (secondary N) is 2. The number of nitriles is 1. The van der Waals surface area contributed by atoms with Crippen LogP contribution in [0.1, 0.15) is 41.8 Å². The maximum Gasteiger partial charge on any atom is 0.255 e. The fourth-order valence-electron chi connectivity index (χ4n) is 2.94. The molecule has 30 heavy (non-hydrogen) atoms. The molecule has 1 amide bonds. The van der Waals surface area contributed by atoms with Crippen LogP contribution in [0.2, 0.25) is 0 Å². The fraction of sp³-hybridized carbons (Fsp3) is 0.208. The van der Waals surface area contributed by atoms with Gasteiger partial charge in [-0.3, -0.25) is 9.78 Å². The molecule has 3 rings (SSSR count). The number of rotatable bonds is 7. The van der Waals surface area contributed by atoms with E-state index < -0.39 is 0 Å². The molecule has 6 heteroatoms. The normalized spacial score (nSPS) is 11.5. The van der Waals surface area contributed by atoms with Crippen molar-refractivity contribution in [2.75, 3.05) is 11.1 Å². The zero-order valence-corrected chi connectivity index (χ0v) is 17.1. The first kappa shape index (κ1) is 21.0. The van der Waals surface area contributed by atoms with E-state index in [1.54, 1.807) is 42.6 Å². The van der Waals surface area contributed by atoms with Gasteiger partial charge in [-0.15, -0.1) is 0 Å². The molecule has 3 aromatic rings. The average Bonchev–Trinajstić information content (AvgIpc) is 2.78. The van der Waals surface area contributed by atoms with Crippen LogP contribution < -0.4 is 16.4 Å². The summed E-state index contributed by atoms with van der Waals surface area (Å²) < 4.78 is 0. The van der Waals surface area contributed by atoms with E-state index in [0.29, 0.717) is 40.8 Å². The number of hydrogen-bond acceptors (Lipinski definition) is 5. The predicted molar refractivity (Wildman–Crippen MR) is 120 cm³/mol. The monoisotopic (exact) mass is 399 g/mol. The third-order valence-electron chi connectivity index (χ3n) is 4.96. The molecule has 4 N–H and O–H groups in total. The second-order valence-corrected chi connectivity index (χ2v) is 7.16. The van der Waals surface area contributed by atoms with Gasteiger partial charge in [0.2, 0.25) is 0 Å². The van der Waals surface area contributed by atoms with Gasteiger partial charge >= 0.3 is 0 Å². The number of aromatic nitrogens is 1. The summed E-state index contributed by atoms with van der Waals surface area (Å²) in [5.74, 6) is -0.251. The second kappa shape index (κ2) is 9.68. The molecule has 1 unspecified atom stereocenters. The highest BCUT2D eigenvalue weighted by molar-refractivity contribution is 6.05. The van der Waals surface area contributed by atoms with Crippen molar-refractivity contribution in [1.29, 1.82) is 5.26 Å². The first-order valence-electron chi connectivity index (χ1n) is 9.90. The van der Waals surface area contributed by atoms with Crippen LogP contribution in [0.3, 0.4) is 0 Å². The Morgan fingerprint density at radius 2 is 1.93 bits per heavy atom. The molecule has 0 bridgehead atoms. The van der Waals surface area contributed by atoms with Gasteiger partial charge in [0.1, 0.15) is 6.07 Å². The predicted octanol–water partition coefficient (Wildman–Crippen LogP) is 4.34. The van der Waals surface area contributed by atoms with Crippen LogP contribution in [0.25, 0.3) is 11.3 Å². The van der Waals surface area contributed by atoms with Gasteiger partial charge in [0.25, 0.3) is 5.91 Å². The molecule has 0 spiro atoms. The number of benzene rings is 2. The molecular formula is C24H25N5O. The molecule has 0 aliphatic carbocycles. The van der Waals surface area contributed by atoms with Crippen LogP contribution in [0.5, 0.6) is 0 Å². The molecule has 1 heterocycles. The number of pyridine rings is 1. The molecule has 0 aliphatic heterocycles. The molecule has 0 radical (unpaired) electrons. The molecule has 0 fully saturated rings. The molecule has 1 aromatic heterocycles. The highest BCUT2D eigenvalue weighted by Crippen LogP contribution is 2.23. The van der Waals surface area contributed by atoms with Crippen molar-refractivity contribution in [3.63, 3.8) is 0 Å². The van der Waals surface area contributed by atoms with E-state index in [9.17, 15) is 10.1 Å². The lowest BCUT2D eigenvalue weighted by Crippen LogP contribution is -2.24. The lowest BCUT2D eigenvalue weighted by atomic mass is 10.0. The summed E-state index contributed by atoms with van der Waals surface area (Å²) in [5, 5.41) is 15.8. The fourth-order valence-corrected chi connectivity index (χ4v) is 2.94. The Hall–Kier alpha value is -3.69. The minimum atomic E-state index is -0.251. The summed E-state index contributed by atoms with van der Waals surface area (Å²) in [5.41, 5.74) is 10.3. The molecule has 6 nitrogen and oxygen atoms in total. The van der Waals surface area contributed by atoms with Gasteiger partial charge in [-0.2, -0.15) is 5.26 Å². The summed E-state index contributed by atoms with van der Waals surface area (Å²) in [6.07, 6.45) is 2.82. The number of para-hydroxylation sites is 2. The Morgan fingerprint density at radius 1 is 1.20 bits per heavy atom. The molecule has 0 saturated carbocycles. The largest absolute Gasteiger partial charge is 0.397 e. The lowest BCUT2D eigenvalue weighted by molar-refractivity contribution is 0.102. The number of carbonyl (C=O) groups excluding carboxylic acids is 1. The van der Waals surface area contributed by atoms with E-state index in [4.69, 9.17) is 5.73 Å². The van der Waals surface area contributed by atoms with E-state index in [1.165, 1.54) is 0 Å². The summed E-state index contributed by atoms with van der Waals surface area (Å²) in [6.45, 7) is 4.91. The summed E-state index contributed by atoms with van der Waals surface area (Å²) in [6, 6.07) is 18.6. The standard InChI is InChI=1S/C24H25N5O/c1-3-16(2)27-14-17-12-20(13-25)23(28-15-17)18-8-10-19(11-9-18)24(30)29-22-7-5-4-6-21(22)26/h4-12,15-16,27H,3,14,26H2,1-2H3,(H,29,30). The number of carbonyl (C=O) groups is 1. The topological polar surface area (TPSA) is 104 Å². The van der Waals surface area contributed by atoms with Crippen molar-refractivity contribution in [3.05, 3.63) is 77.5 Å². The van der Waals surface area contributed by atoms with Crippen molar-refractivity contribution in [2.24, 2.45) is 0 Å². The minimum absolute atomic E-state index is 0.251. The maximum absolute atomic E-state index is 12.5. The van der Waals surface area contributed by atoms with E-state index in [-0.39, 0.29) is 5.91 Å². The van der Waals surface area contributed by atoms with Crippen molar-refractivity contribution in [1.82, 2.24) is 10.3 Å². The second-order valence-electron chi connectivity index (χ2n) is 7.16. The Morgan fingerprint density at radius 3 is 2.60 bits per heavy atom. The summed E-state index contributed by atoms with van der Waals surface area (Å²) in [7, 11) is 0. The molecule has 0 saturated heterocycles. The van der Waals surface area contributed by atoms with Crippen LogP contribution in [-0.4, -0.2) is 16.9 Å². The van der Waals surface area contributed by atoms with Gasteiger partial charge in [-0.1, -0.05) is 31.2 Å². The van der Waals surface area contributed by atoms with Crippen molar-refractivity contribution < 1.29 is 4.79 Å². The molecule has 152 valence electrons. The number of nitrogens with zero attached hydrogens (tertiary/aromatic N) is 2. The Bertz CT molecular complexity index is 1070. The number of amides is 1. The van der Waals surface area contributed by atoms with Gasteiger partial charge in [-0.25, -0.2) is 0 Å². The first-order chi connectivity index (χ1) is 14.5. The number of anilines is 2. The van der Waals surface area contributed by atoms with Crippen molar-refractivity contribution in [3.8, 4) is 17.3 Å². The van der Waals surface area contributed by atoms with Crippen molar-refractivity contribution in [2.45, 2.75) is 32.9 Å². The highest BCUT2D eigenvalue weighted by atomic mass is 16.1. The smallest absolute Gasteiger partial charge is 0.255 e. The number of hydrogen-bond donors (Lipinski definition) is 3. The van der Waals surface area contributed by atoms with Gasteiger partial charge in [-0.05, 0) is 49.2 Å². The summed E-state index contributed by atoms with van der Waals surface area (Å²) in [4.78, 5) is 17.0. The van der Waals surface area contributed by atoms with E-state index >= 15 is 0 Å². The molecule has 1 atom stereocenters.